The largest absolute Gasteiger partial charge is 0.388 e. The van der Waals surface area contributed by atoms with Gasteiger partial charge >= 0.3 is 0 Å². The molecular formula is C5H10N4O. The molecule has 1 aromatic rings. The molecule has 1 heterocycles. The maximum absolute atomic E-state index is 8.55. The molecule has 1 rings (SSSR count). The van der Waals surface area contributed by atoms with E-state index in [9.17, 15) is 0 Å². The summed E-state index contributed by atoms with van der Waals surface area (Å²) < 4.78 is 0. The summed E-state index contributed by atoms with van der Waals surface area (Å²) in [6, 6.07) is 0.202. The van der Waals surface area contributed by atoms with Gasteiger partial charge in [0, 0.05) is 0 Å². The minimum Gasteiger partial charge on any atom is -0.388 e. The Hall–Kier alpha value is -0.970. The third-order valence-corrected chi connectivity index (χ3v) is 1.07. The molecule has 0 unspecified atom stereocenters. The monoisotopic (exact) mass is 142 g/mol. The summed E-state index contributed by atoms with van der Waals surface area (Å²) in [4.78, 5) is 1.46. The van der Waals surface area contributed by atoms with Crippen LogP contribution in [0.2, 0.25) is 0 Å². The van der Waals surface area contributed by atoms with Gasteiger partial charge in [0.15, 0.2) is 5.82 Å². The second-order valence-corrected chi connectivity index (χ2v) is 2.28. The average Bonchev–Trinajstić information content (AvgIpc) is 2.34. The second-order valence-electron chi connectivity index (χ2n) is 2.28. The maximum Gasteiger partial charge on any atom is 0.200 e. The molecule has 0 spiro atoms. The van der Waals surface area contributed by atoms with E-state index in [1.165, 1.54) is 4.80 Å². The van der Waals surface area contributed by atoms with Crippen LogP contribution in [0.4, 0.5) is 0 Å². The molecule has 0 fully saturated rings. The molecule has 0 bridgehead atoms. The number of rotatable bonds is 2. The first-order valence-corrected chi connectivity index (χ1v) is 3.13. The second kappa shape index (κ2) is 2.74. The van der Waals surface area contributed by atoms with E-state index in [1.807, 2.05) is 13.8 Å². The lowest BCUT2D eigenvalue weighted by Gasteiger charge is -1.98. The summed E-state index contributed by atoms with van der Waals surface area (Å²) in [6.45, 7) is 3.75. The summed E-state index contributed by atoms with van der Waals surface area (Å²) in [6.07, 6.45) is 0. The van der Waals surface area contributed by atoms with E-state index < -0.39 is 0 Å². The zero-order valence-electron chi connectivity index (χ0n) is 6.02. The van der Waals surface area contributed by atoms with Gasteiger partial charge in [0.05, 0.1) is 6.04 Å². The van der Waals surface area contributed by atoms with E-state index in [0.29, 0.717) is 5.82 Å². The molecule has 0 atom stereocenters. The van der Waals surface area contributed by atoms with Gasteiger partial charge in [-0.25, -0.2) is 0 Å². The fraction of sp³-hybridized carbons (Fsp3) is 0.800. The van der Waals surface area contributed by atoms with Crippen LogP contribution in [-0.2, 0) is 6.61 Å². The number of tetrazole rings is 1. The first-order valence-electron chi connectivity index (χ1n) is 3.13. The number of aliphatic hydroxyl groups is 1. The SMILES string of the molecule is CC(C)n1nnc(CO)n1. The van der Waals surface area contributed by atoms with Crippen molar-refractivity contribution >= 4 is 0 Å². The van der Waals surface area contributed by atoms with Crippen molar-refractivity contribution in [3.8, 4) is 0 Å². The lowest BCUT2D eigenvalue weighted by atomic mass is 10.4. The highest BCUT2D eigenvalue weighted by atomic mass is 16.3. The Morgan fingerprint density at radius 3 is 2.60 bits per heavy atom. The first-order chi connectivity index (χ1) is 4.74. The van der Waals surface area contributed by atoms with Crippen LogP contribution in [0.25, 0.3) is 0 Å². The van der Waals surface area contributed by atoms with Gasteiger partial charge in [-0.1, -0.05) is 0 Å². The average molecular weight is 142 g/mol. The molecule has 0 saturated carbocycles. The fourth-order valence-corrected chi connectivity index (χ4v) is 0.538. The quantitative estimate of drug-likeness (QED) is 0.618. The van der Waals surface area contributed by atoms with E-state index in [2.05, 4.69) is 15.4 Å². The maximum atomic E-state index is 8.55. The minimum atomic E-state index is -0.146. The van der Waals surface area contributed by atoms with E-state index in [4.69, 9.17) is 5.11 Å². The number of hydrogen-bond acceptors (Lipinski definition) is 4. The Balaban J connectivity index is 2.78. The van der Waals surface area contributed by atoms with E-state index in [-0.39, 0.29) is 12.6 Å². The van der Waals surface area contributed by atoms with Gasteiger partial charge in [0.2, 0.25) is 0 Å². The highest BCUT2D eigenvalue weighted by Crippen LogP contribution is 1.96. The molecule has 0 aliphatic heterocycles. The van der Waals surface area contributed by atoms with Crippen LogP contribution in [0.3, 0.4) is 0 Å². The highest BCUT2D eigenvalue weighted by Gasteiger charge is 2.02. The van der Waals surface area contributed by atoms with Crippen LogP contribution in [0.1, 0.15) is 25.7 Å². The molecule has 0 saturated heterocycles. The Morgan fingerprint density at radius 2 is 2.30 bits per heavy atom. The van der Waals surface area contributed by atoms with Crippen molar-refractivity contribution in [2.24, 2.45) is 0 Å². The van der Waals surface area contributed by atoms with Gasteiger partial charge in [-0.15, -0.1) is 10.2 Å². The smallest absolute Gasteiger partial charge is 0.200 e. The van der Waals surface area contributed by atoms with Crippen molar-refractivity contribution in [1.82, 2.24) is 20.2 Å². The molecule has 10 heavy (non-hydrogen) atoms. The molecule has 0 amide bonds. The topological polar surface area (TPSA) is 63.8 Å². The molecule has 1 aromatic heterocycles. The summed E-state index contributed by atoms with van der Waals surface area (Å²) in [5.74, 6) is 0.369. The number of nitrogens with zero attached hydrogens (tertiary/aromatic N) is 4. The van der Waals surface area contributed by atoms with Crippen molar-refractivity contribution in [2.45, 2.75) is 26.5 Å². The van der Waals surface area contributed by atoms with E-state index in [1.54, 1.807) is 0 Å². The Morgan fingerprint density at radius 1 is 1.60 bits per heavy atom. The zero-order chi connectivity index (χ0) is 7.56. The Labute approximate surface area is 58.7 Å². The van der Waals surface area contributed by atoms with Gasteiger partial charge < -0.3 is 5.11 Å². The standard InChI is InChI=1S/C5H10N4O/c1-4(2)9-7-5(3-10)6-8-9/h4,10H,3H2,1-2H3. The van der Waals surface area contributed by atoms with Crippen molar-refractivity contribution in [1.29, 1.82) is 0 Å². The van der Waals surface area contributed by atoms with E-state index in [0.717, 1.165) is 0 Å². The fourth-order valence-electron chi connectivity index (χ4n) is 0.538. The van der Waals surface area contributed by atoms with Gasteiger partial charge in [-0.2, -0.15) is 4.80 Å². The van der Waals surface area contributed by atoms with E-state index >= 15 is 0 Å². The van der Waals surface area contributed by atoms with Crippen LogP contribution < -0.4 is 0 Å². The minimum absolute atomic E-state index is 0.146. The lowest BCUT2D eigenvalue weighted by Crippen LogP contribution is -2.05. The van der Waals surface area contributed by atoms with Crippen LogP contribution in [0, 0.1) is 0 Å². The predicted octanol–water partition coefficient (Wildman–Crippen LogP) is -0.254. The zero-order valence-corrected chi connectivity index (χ0v) is 6.02. The number of hydrogen-bond donors (Lipinski definition) is 1. The molecular weight excluding hydrogens is 132 g/mol. The van der Waals surface area contributed by atoms with Crippen molar-refractivity contribution in [2.75, 3.05) is 0 Å². The van der Waals surface area contributed by atoms with Gasteiger partial charge in [-0.05, 0) is 19.1 Å². The van der Waals surface area contributed by atoms with Crippen LogP contribution in [0.5, 0.6) is 0 Å². The first kappa shape index (κ1) is 7.14. The van der Waals surface area contributed by atoms with Crippen LogP contribution in [-0.4, -0.2) is 25.3 Å². The van der Waals surface area contributed by atoms with Crippen LogP contribution >= 0.6 is 0 Å². The van der Waals surface area contributed by atoms with Crippen LogP contribution in [0.15, 0.2) is 0 Å². The number of aliphatic hydroxyl groups excluding tert-OH is 1. The van der Waals surface area contributed by atoms with Crippen molar-refractivity contribution in [3.63, 3.8) is 0 Å². The molecule has 1 N–H and O–H groups in total. The number of aromatic nitrogens is 4. The Bertz CT molecular complexity index is 207. The predicted molar refractivity (Wildman–Crippen MR) is 34.1 cm³/mol. The third kappa shape index (κ3) is 1.30. The van der Waals surface area contributed by atoms with Crippen molar-refractivity contribution < 1.29 is 5.11 Å². The lowest BCUT2D eigenvalue weighted by molar-refractivity contribution is 0.270. The third-order valence-electron chi connectivity index (χ3n) is 1.07. The molecule has 5 nitrogen and oxygen atoms in total. The summed E-state index contributed by atoms with van der Waals surface area (Å²) in [5.41, 5.74) is 0. The molecule has 0 aliphatic rings. The molecule has 56 valence electrons. The molecule has 0 aliphatic carbocycles. The summed E-state index contributed by atoms with van der Waals surface area (Å²) in [7, 11) is 0. The molecule has 0 radical (unpaired) electrons. The van der Waals surface area contributed by atoms with Gasteiger partial charge in [0.1, 0.15) is 6.61 Å². The highest BCUT2D eigenvalue weighted by molar-refractivity contribution is 4.71. The van der Waals surface area contributed by atoms with Crippen molar-refractivity contribution in [3.05, 3.63) is 5.82 Å². The molecule has 5 heteroatoms. The summed E-state index contributed by atoms with van der Waals surface area (Å²) >= 11 is 0. The van der Waals surface area contributed by atoms with Gasteiger partial charge in [0.25, 0.3) is 0 Å². The van der Waals surface area contributed by atoms with Gasteiger partial charge in [-0.3, -0.25) is 0 Å². The normalized spacial score (nSPS) is 10.8. The molecule has 0 aromatic carbocycles. The Kier molecular flexibility index (Phi) is 1.96. The summed E-state index contributed by atoms with van der Waals surface area (Å²) in [5, 5.41) is 19.7.